The molecule has 0 saturated heterocycles. The van der Waals surface area contributed by atoms with Gasteiger partial charge in [0.05, 0.1) is 4.90 Å². The molecular formula is C12H8NNaO3S. The topological polar surface area (TPSA) is 73.0 Å². The van der Waals surface area contributed by atoms with E-state index in [1.165, 1.54) is 12.1 Å². The van der Waals surface area contributed by atoms with E-state index in [2.05, 4.69) is 4.98 Å². The molecule has 6 heteroatoms. The van der Waals surface area contributed by atoms with Gasteiger partial charge in [-0.05, 0) is 24.3 Å². The smallest absolute Gasteiger partial charge is 0.744 e. The van der Waals surface area contributed by atoms with Gasteiger partial charge in [0.2, 0.25) is 0 Å². The van der Waals surface area contributed by atoms with Gasteiger partial charge in [-0.15, -0.1) is 0 Å². The summed E-state index contributed by atoms with van der Waals surface area (Å²) in [5.41, 5.74) is 1.74. The second-order valence-corrected chi connectivity index (χ2v) is 5.21. The minimum Gasteiger partial charge on any atom is -0.744 e. The Morgan fingerprint density at radius 3 is 2.33 bits per heavy atom. The van der Waals surface area contributed by atoms with Crippen LogP contribution in [0.3, 0.4) is 0 Å². The molecule has 1 aromatic heterocycles. The SMILES string of the molecule is O=S(=O)([O-])c1ccc2[nH]c3ccccc3c2c1.[Na+]. The number of para-hydroxylation sites is 1. The third-order valence-corrected chi connectivity index (χ3v) is 3.60. The van der Waals surface area contributed by atoms with Crippen molar-refractivity contribution in [3.63, 3.8) is 0 Å². The minimum atomic E-state index is -4.40. The molecule has 0 fully saturated rings. The van der Waals surface area contributed by atoms with Crippen LogP contribution in [0.5, 0.6) is 0 Å². The first kappa shape index (κ1) is 13.6. The summed E-state index contributed by atoms with van der Waals surface area (Å²) >= 11 is 0. The molecule has 18 heavy (non-hydrogen) atoms. The molecule has 4 nitrogen and oxygen atoms in total. The first-order chi connectivity index (χ1) is 8.05. The van der Waals surface area contributed by atoms with Crippen molar-refractivity contribution in [2.45, 2.75) is 4.90 Å². The largest absolute Gasteiger partial charge is 1.00 e. The summed E-state index contributed by atoms with van der Waals surface area (Å²) in [6, 6.07) is 11.9. The summed E-state index contributed by atoms with van der Waals surface area (Å²) < 4.78 is 32.9. The van der Waals surface area contributed by atoms with Crippen LogP contribution in [0, 0.1) is 0 Å². The Bertz CT molecular complexity index is 824. The summed E-state index contributed by atoms with van der Waals surface area (Å²) in [5.74, 6) is 0. The van der Waals surface area contributed by atoms with Crippen molar-refractivity contribution >= 4 is 31.9 Å². The summed E-state index contributed by atoms with van der Waals surface area (Å²) in [6.45, 7) is 0. The Morgan fingerprint density at radius 1 is 0.944 bits per heavy atom. The van der Waals surface area contributed by atoms with Crippen LogP contribution in [0.2, 0.25) is 0 Å². The molecule has 0 unspecified atom stereocenters. The summed E-state index contributed by atoms with van der Waals surface area (Å²) in [7, 11) is -4.40. The van der Waals surface area contributed by atoms with Crippen molar-refractivity contribution in [2.24, 2.45) is 0 Å². The quantitative estimate of drug-likeness (QED) is 0.466. The molecule has 86 valence electrons. The average Bonchev–Trinajstić information content (AvgIpc) is 2.65. The van der Waals surface area contributed by atoms with Gasteiger partial charge in [-0.25, -0.2) is 8.42 Å². The van der Waals surface area contributed by atoms with E-state index in [9.17, 15) is 13.0 Å². The van der Waals surface area contributed by atoms with Gasteiger partial charge in [-0.1, -0.05) is 18.2 Å². The molecule has 1 heterocycles. The maximum Gasteiger partial charge on any atom is 1.00 e. The average molecular weight is 269 g/mol. The minimum absolute atomic E-state index is 0. The first-order valence-corrected chi connectivity index (χ1v) is 6.43. The molecular weight excluding hydrogens is 261 g/mol. The molecule has 0 aliphatic rings. The number of fused-ring (bicyclic) bond motifs is 3. The maximum atomic E-state index is 11.0. The van der Waals surface area contributed by atoms with Crippen molar-refractivity contribution < 1.29 is 42.5 Å². The monoisotopic (exact) mass is 269 g/mol. The maximum absolute atomic E-state index is 11.0. The van der Waals surface area contributed by atoms with E-state index in [4.69, 9.17) is 0 Å². The van der Waals surface area contributed by atoms with Crippen molar-refractivity contribution in [2.75, 3.05) is 0 Å². The fraction of sp³-hybridized carbons (Fsp3) is 0. The fourth-order valence-corrected chi connectivity index (χ4v) is 2.48. The van der Waals surface area contributed by atoms with E-state index in [0.717, 1.165) is 21.8 Å². The van der Waals surface area contributed by atoms with Crippen LogP contribution in [0.1, 0.15) is 0 Å². The molecule has 0 spiro atoms. The standard InChI is InChI=1S/C12H9NO3S.Na/c14-17(15,16)8-5-6-12-10(7-8)9-3-1-2-4-11(9)13-12;/h1-7,13H,(H,14,15,16);/q;+1/p-1. The number of H-pyrrole nitrogens is 1. The second kappa shape index (κ2) is 4.68. The van der Waals surface area contributed by atoms with Gasteiger partial charge < -0.3 is 9.54 Å². The van der Waals surface area contributed by atoms with Crippen LogP contribution >= 0.6 is 0 Å². The fourth-order valence-electron chi connectivity index (χ4n) is 1.98. The van der Waals surface area contributed by atoms with E-state index < -0.39 is 10.1 Å². The predicted octanol–water partition coefficient (Wildman–Crippen LogP) is -0.771. The molecule has 0 bridgehead atoms. The molecule has 0 amide bonds. The Labute approximate surface area is 126 Å². The predicted molar refractivity (Wildman–Crippen MR) is 63.8 cm³/mol. The second-order valence-electron chi connectivity index (χ2n) is 3.83. The molecule has 0 aliphatic carbocycles. The van der Waals surface area contributed by atoms with Gasteiger partial charge >= 0.3 is 29.6 Å². The van der Waals surface area contributed by atoms with Gasteiger partial charge in [0.1, 0.15) is 10.1 Å². The zero-order chi connectivity index (χ0) is 12.0. The Morgan fingerprint density at radius 2 is 1.61 bits per heavy atom. The van der Waals surface area contributed by atoms with Gasteiger partial charge in [-0.2, -0.15) is 0 Å². The first-order valence-electron chi connectivity index (χ1n) is 5.02. The number of hydrogen-bond acceptors (Lipinski definition) is 3. The zero-order valence-electron chi connectivity index (χ0n) is 9.67. The van der Waals surface area contributed by atoms with Crippen molar-refractivity contribution in [1.29, 1.82) is 0 Å². The molecule has 1 N–H and O–H groups in total. The molecule has 0 saturated carbocycles. The van der Waals surface area contributed by atoms with Crippen LogP contribution < -0.4 is 29.6 Å². The third-order valence-electron chi connectivity index (χ3n) is 2.77. The number of aromatic nitrogens is 1. The summed E-state index contributed by atoms with van der Waals surface area (Å²) in [4.78, 5) is 2.96. The number of nitrogens with one attached hydrogen (secondary N) is 1. The van der Waals surface area contributed by atoms with E-state index in [-0.39, 0.29) is 34.5 Å². The third kappa shape index (κ3) is 2.20. The zero-order valence-corrected chi connectivity index (χ0v) is 12.5. The molecule has 2 aromatic carbocycles. The normalized spacial score (nSPS) is 11.6. The molecule has 3 aromatic rings. The molecule has 0 radical (unpaired) electrons. The van der Waals surface area contributed by atoms with E-state index >= 15 is 0 Å². The van der Waals surface area contributed by atoms with Crippen LogP contribution in [0.25, 0.3) is 21.8 Å². The Balaban J connectivity index is 0.00000120. The Hall–Kier alpha value is -0.850. The molecule has 0 atom stereocenters. The van der Waals surface area contributed by atoms with Crippen molar-refractivity contribution in [1.82, 2.24) is 4.98 Å². The Kier molecular flexibility index (Phi) is 3.53. The van der Waals surface area contributed by atoms with Gasteiger partial charge in [0.25, 0.3) is 0 Å². The van der Waals surface area contributed by atoms with E-state index in [1.54, 1.807) is 6.07 Å². The summed E-state index contributed by atoms with van der Waals surface area (Å²) in [5, 5.41) is 1.66. The molecule has 3 rings (SSSR count). The van der Waals surface area contributed by atoms with Crippen molar-refractivity contribution in [3.05, 3.63) is 42.5 Å². The van der Waals surface area contributed by atoms with Gasteiger partial charge in [-0.3, -0.25) is 0 Å². The van der Waals surface area contributed by atoms with E-state index in [0.29, 0.717) is 0 Å². The van der Waals surface area contributed by atoms with Gasteiger partial charge in [0, 0.05) is 21.8 Å². The van der Waals surface area contributed by atoms with Crippen LogP contribution in [0.15, 0.2) is 47.4 Å². The molecule has 0 aliphatic heterocycles. The number of rotatable bonds is 1. The van der Waals surface area contributed by atoms with Crippen LogP contribution in [-0.4, -0.2) is 18.0 Å². The van der Waals surface area contributed by atoms with Crippen LogP contribution in [-0.2, 0) is 10.1 Å². The summed E-state index contributed by atoms with van der Waals surface area (Å²) in [6.07, 6.45) is 0. The van der Waals surface area contributed by atoms with Crippen LogP contribution in [0.4, 0.5) is 0 Å². The van der Waals surface area contributed by atoms with Crippen molar-refractivity contribution in [3.8, 4) is 0 Å². The number of benzene rings is 2. The number of aromatic amines is 1. The number of hydrogen-bond donors (Lipinski definition) is 1. The van der Waals surface area contributed by atoms with Gasteiger partial charge in [0.15, 0.2) is 0 Å². The van der Waals surface area contributed by atoms with E-state index in [1.807, 2.05) is 24.3 Å².